The van der Waals surface area contributed by atoms with Gasteiger partial charge in [0.1, 0.15) is 18.1 Å². The maximum Gasteiger partial charge on any atom is 0.337 e. The molecule has 1 aliphatic heterocycles. The number of carbonyl (C=O) groups excluding carboxylic acids is 1. The Hall–Kier alpha value is -4.43. The molecule has 8 nitrogen and oxygen atoms in total. The number of likely N-dealkylation sites (tertiary alicyclic amines) is 1. The van der Waals surface area contributed by atoms with Gasteiger partial charge in [-0.25, -0.2) is 9.78 Å². The topological polar surface area (TPSA) is 101 Å². The number of benzene rings is 3. The number of pyridine rings is 1. The van der Waals surface area contributed by atoms with E-state index in [0.29, 0.717) is 23.8 Å². The van der Waals surface area contributed by atoms with Crippen molar-refractivity contribution in [3.63, 3.8) is 0 Å². The van der Waals surface area contributed by atoms with Crippen LogP contribution in [0, 0.1) is 0 Å². The number of fused-ring (bicyclic) bond motifs is 1. The summed E-state index contributed by atoms with van der Waals surface area (Å²) in [5.41, 5.74) is 0.978. The standard InChI is InChI=1S/C31H31N3O5/c35-29(33-28-7-3-2-6-27(28)31(36)37)18-22-8-13-30(32-21-22)39-26-12-10-23-9-11-25(19-24(23)20-26)38-17-16-34-14-4-1-5-15-34/h2-3,6-13,19-21H,1,4-5,14-18H2,(H,33,35)(H,36,37). The fourth-order valence-corrected chi connectivity index (χ4v) is 4.69. The van der Waals surface area contributed by atoms with Crippen LogP contribution in [0.5, 0.6) is 17.4 Å². The number of aromatic carboxylic acids is 1. The highest BCUT2D eigenvalue weighted by molar-refractivity contribution is 6.01. The third-order valence-electron chi connectivity index (χ3n) is 6.72. The van der Waals surface area contributed by atoms with Crippen LogP contribution < -0.4 is 14.8 Å². The molecule has 0 unspecified atom stereocenters. The molecular formula is C31H31N3O5. The molecule has 39 heavy (non-hydrogen) atoms. The third kappa shape index (κ3) is 7.12. The molecule has 5 rings (SSSR count). The fourth-order valence-electron chi connectivity index (χ4n) is 4.69. The number of piperidine rings is 1. The second-order valence-electron chi connectivity index (χ2n) is 9.60. The number of amides is 1. The van der Waals surface area contributed by atoms with Gasteiger partial charge in [0.05, 0.1) is 17.7 Å². The highest BCUT2D eigenvalue weighted by atomic mass is 16.5. The van der Waals surface area contributed by atoms with E-state index in [0.717, 1.165) is 36.2 Å². The van der Waals surface area contributed by atoms with Crippen LogP contribution in [-0.2, 0) is 11.2 Å². The molecule has 3 aromatic carbocycles. The van der Waals surface area contributed by atoms with E-state index in [1.54, 1.807) is 36.5 Å². The minimum atomic E-state index is -1.10. The molecule has 8 heteroatoms. The number of hydrogen-bond acceptors (Lipinski definition) is 6. The average Bonchev–Trinajstić information content (AvgIpc) is 2.95. The monoisotopic (exact) mass is 525 g/mol. The number of carboxylic acids is 1. The van der Waals surface area contributed by atoms with Crippen LogP contribution in [-0.4, -0.2) is 53.1 Å². The van der Waals surface area contributed by atoms with Gasteiger partial charge in [-0.1, -0.05) is 36.8 Å². The van der Waals surface area contributed by atoms with Gasteiger partial charge in [0, 0.05) is 18.8 Å². The summed E-state index contributed by atoms with van der Waals surface area (Å²) < 4.78 is 12.0. The van der Waals surface area contributed by atoms with Crippen LogP contribution in [0.3, 0.4) is 0 Å². The molecule has 0 aliphatic carbocycles. The summed E-state index contributed by atoms with van der Waals surface area (Å²) in [5.74, 6) is 0.463. The Kier molecular flexibility index (Phi) is 8.33. The summed E-state index contributed by atoms with van der Waals surface area (Å²) in [5, 5.41) is 14.0. The summed E-state index contributed by atoms with van der Waals surface area (Å²) >= 11 is 0. The Labute approximate surface area is 227 Å². The first-order valence-electron chi connectivity index (χ1n) is 13.2. The van der Waals surface area contributed by atoms with Gasteiger partial charge in [0.25, 0.3) is 0 Å². The molecular weight excluding hydrogens is 494 g/mol. The van der Waals surface area contributed by atoms with E-state index in [2.05, 4.69) is 15.2 Å². The predicted molar refractivity (Wildman–Crippen MR) is 150 cm³/mol. The molecule has 200 valence electrons. The molecule has 0 bridgehead atoms. The Morgan fingerprint density at radius 3 is 2.44 bits per heavy atom. The summed E-state index contributed by atoms with van der Waals surface area (Å²) in [7, 11) is 0. The van der Waals surface area contributed by atoms with Crippen molar-refractivity contribution in [1.82, 2.24) is 9.88 Å². The van der Waals surface area contributed by atoms with Crippen LogP contribution in [0.15, 0.2) is 79.0 Å². The normalized spacial score (nSPS) is 13.6. The lowest BCUT2D eigenvalue weighted by Crippen LogP contribution is -2.33. The smallest absolute Gasteiger partial charge is 0.337 e. The van der Waals surface area contributed by atoms with Crippen molar-refractivity contribution in [3.05, 3.63) is 90.1 Å². The molecule has 0 atom stereocenters. The first kappa shape index (κ1) is 26.2. The van der Waals surface area contributed by atoms with Crippen molar-refractivity contribution < 1.29 is 24.2 Å². The third-order valence-corrected chi connectivity index (χ3v) is 6.72. The van der Waals surface area contributed by atoms with Gasteiger partial charge in [-0.15, -0.1) is 0 Å². The van der Waals surface area contributed by atoms with Crippen molar-refractivity contribution >= 4 is 28.3 Å². The minimum Gasteiger partial charge on any atom is -0.492 e. The van der Waals surface area contributed by atoms with E-state index < -0.39 is 5.97 Å². The number of para-hydroxylation sites is 1. The Morgan fingerprint density at radius 2 is 1.67 bits per heavy atom. The number of nitrogens with zero attached hydrogens (tertiary/aromatic N) is 2. The van der Waals surface area contributed by atoms with Gasteiger partial charge in [-0.2, -0.15) is 0 Å². The number of carbonyl (C=O) groups is 2. The van der Waals surface area contributed by atoms with E-state index in [1.165, 1.54) is 25.3 Å². The Bertz CT molecular complexity index is 1450. The maximum absolute atomic E-state index is 12.5. The largest absolute Gasteiger partial charge is 0.492 e. The molecule has 1 saturated heterocycles. The van der Waals surface area contributed by atoms with Gasteiger partial charge in [0.2, 0.25) is 11.8 Å². The Morgan fingerprint density at radius 1 is 0.897 bits per heavy atom. The van der Waals surface area contributed by atoms with E-state index in [-0.39, 0.29) is 23.6 Å². The molecule has 0 radical (unpaired) electrons. The van der Waals surface area contributed by atoms with Gasteiger partial charge in [0.15, 0.2) is 0 Å². The number of hydrogen-bond donors (Lipinski definition) is 2. The van der Waals surface area contributed by atoms with E-state index in [9.17, 15) is 14.7 Å². The van der Waals surface area contributed by atoms with Gasteiger partial charge in [-0.05, 0) is 78.7 Å². The van der Waals surface area contributed by atoms with E-state index in [1.807, 2.05) is 36.4 Å². The lowest BCUT2D eigenvalue weighted by molar-refractivity contribution is -0.115. The summed E-state index contributed by atoms with van der Waals surface area (Å²) in [6.45, 7) is 3.93. The molecule has 1 amide bonds. The molecule has 1 fully saturated rings. The summed E-state index contributed by atoms with van der Waals surface area (Å²) in [6.07, 6.45) is 5.50. The molecule has 1 aromatic heterocycles. The zero-order chi connectivity index (χ0) is 27.0. The van der Waals surface area contributed by atoms with Gasteiger partial charge < -0.3 is 19.9 Å². The van der Waals surface area contributed by atoms with Crippen LogP contribution in [0.4, 0.5) is 5.69 Å². The molecule has 2 heterocycles. The van der Waals surface area contributed by atoms with Crippen molar-refractivity contribution in [1.29, 1.82) is 0 Å². The number of aromatic nitrogens is 1. The van der Waals surface area contributed by atoms with Gasteiger partial charge in [-0.3, -0.25) is 9.69 Å². The Balaban J connectivity index is 1.17. The van der Waals surface area contributed by atoms with Crippen molar-refractivity contribution in [3.8, 4) is 17.4 Å². The minimum absolute atomic E-state index is 0.0410. The number of ether oxygens (including phenoxy) is 2. The van der Waals surface area contributed by atoms with Crippen LogP contribution in [0.2, 0.25) is 0 Å². The lowest BCUT2D eigenvalue weighted by atomic mass is 10.1. The first-order valence-corrected chi connectivity index (χ1v) is 13.2. The number of anilines is 1. The first-order chi connectivity index (χ1) is 19.0. The molecule has 4 aromatic rings. The fraction of sp³-hybridized carbons (Fsp3) is 0.258. The molecule has 2 N–H and O–H groups in total. The average molecular weight is 526 g/mol. The van der Waals surface area contributed by atoms with Gasteiger partial charge >= 0.3 is 5.97 Å². The number of rotatable bonds is 10. The second kappa shape index (κ2) is 12.4. The summed E-state index contributed by atoms with van der Waals surface area (Å²) in [4.78, 5) is 30.6. The highest BCUT2D eigenvalue weighted by Gasteiger charge is 2.13. The van der Waals surface area contributed by atoms with Crippen LogP contribution >= 0.6 is 0 Å². The zero-order valence-corrected chi connectivity index (χ0v) is 21.6. The lowest BCUT2D eigenvalue weighted by Gasteiger charge is -2.26. The maximum atomic E-state index is 12.5. The van der Waals surface area contributed by atoms with E-state index in [4.69, 9.17) is 9.47 Å². The van der Waals surface area contributed by atoms with Crippen molar-refractivity contribution in [2.24, 2.45) is 0 Å². The zero-order valence-electron chi connectivity index (χ0n) is 21.6. The predicted octanol–water partition coefficient (Wildman–Crippen LogP) is 5.77. The second-order valence-corrected chi connectivity index (χ2v) is 9.60. The van der Waals surface area contributed by atoms with Crippen molar-refractivity contribution in [2.75, 3.05) is 31.6 Å². The number of nitrogens with one attached hydrogen (secondary N) is 1. The molecule has 0 saturated carbocycles. The van der Waals surface area contributed by atoms with Crippen LogP contribution in [0.1, 0.15) is 35.2 Å². The SMILES string of the molecule is O=C(Cc1ccc(Oc2ccc3ccc(OCCN4CCCCC4)cc3c2)nc1)Nc1ccccc1C(=O)O. The number of carboxylic acid groups (broad SMARTS) is 1. The van der Waals surface area contributed by atoms with Crippen LogP contribution in [0.25, 0.3) is 10.8 Å². The van der Waals surface area contributed by atoms with E-state index >= 15 is 0 Å². The highest BCUT2D eigenvalue weighted by Crippen LogP contribution is 2.28. The quantitative estimate of drug-likeness (QED) is 0.271. The molecule has 1 aliphatic rings. The molecule has 0 spiro atoms. The summed E-state index contributed by atoms with van der Waals surface area (Å²) in [6, 6.07) is 21.7. The van der Waals surface area contributed by atoms with Crippen molar-refractivity contribution in [2.45, 2.75) is 25.7 Å².